The van der Waals surface area contributed by atoms with Crippen molar-refractivity contribution < 1.29 is 19.3 Å². The second-order valence-corrected chi connectivity index (χ2v) is 7.17. The summed E-state index contributed by atoms with van der Waals surface area (Å²) in [6, 6.07) is 25.1. The Balaban J connectivity index is 2.25. The van der Waals surface area contributed by atoms with Gasteiger partial charge in [0.05, 0.1) is 33.0 Å². The number of methoxy groups -OCH3 is 2. The molecule has 2 unspecified atom stereocenters. The summed E-state index contributed by atoms with van der Waals surface area (Å²) in [5, 5.41) is 9.61. The molecule has 0 saturated heterocycles. The average Bonchev–Trinajstić information content (AvgIpc) is 2.82. The molecular weight excluding hydrogens is 378 g/mol. The van der Waals surface area contributed by atoms with Gasteiger partial charge in [-0.15, -0.1) is 0 Å². The molecule has 5 nitrogen and oxygen atoms in total. The first-order valence-corrected chi connectivity index (χ1v) is 9.94. The predicted octanol–water partition coefficient (Wildman–Crippen LogP) is 3.72. The lowest BCUT2D eigenvalue weighted by Gasteiger charge is -2.39. The summed E-state index contributed by atoms with van der Waals surface area (Å²) in [6.45, 7) is 1.71. The Morgan fingerprint density at radius 3 is 1.60 bits per heavy atom. The fourth-order valence-electron chi connectivity index (χ4n) is 3.54. The maximum absolute atomic E-state index is 9.61. The van der Waals surface area contributed by atoms with E-state index in [1.54, 1.807) is 14.2 Å². The van der Waals surface area contributed by atoms with E-state index in [0.29, 0.717) is 0 Å². The Morgan fingerprint density at radius 1 is 0.767 bits per heavy atom. The highest BCUT2D eigenvalue weighted by Crippen LogP contribution is 2.42. The van der Waals surface area contributed by atoms with Crippen LogP contribution in [0.5, 0.6) is 11.5 Å². The number of aliphatic hydroxyl groups is 1. The van der Waals surface area contributed by atoms with Gasteiger partial charge >= 0.3 is 0 Å². The summed E-state index contributed by atoms with van der Waals surface area (Å²) < 4.78 is 17.4. The number of aliphatic hydroxyl groups excluding tert-OH is 1. The van der Waals surface area contributed by atoms with E-state index in [1.165, 1.54) is 0 Å². The number of nitrogens with two attached hydrogens (primary N) is 1. The number of hydrogen-bond donors (Lipinski definition) is 2. The summed E-state index contributed by atoms with van der Waals surface area (Å²) in [5.74, 6) is 1.52. The van der Waals surface area contributed by atoms with Crippen LogP contribution in [0.1, 0.15) is 23.6 Å². The van der Waals surface area contributed by atoms with Crippen LogP contribution in [0.25, 0.3) is 0 Å². The molecule has 0 aliphatic rings. The van der Waals surface area contributed by atoms with E-state index in [4.69, 9.17) is 19.9 Å². The lowest BCUT2D eigenvalue weighted by molar-refractivity contribution is -0.0559. The summed E-state index contributed by atoms with van der Waals surface area (Å²) in [4.78, 5) is 0. The predicted molar refractivity (Wildman–Crippen MR) is 118 cm³/mol. The van der Waals surface area contributed by atoms with Crippen molar-refractivity contribution in [3.63, 3.8) is 0 Å². The van der Waals surface area contributed by atoms with Crippen LogP contribution in [-0.4, -0.2) is 38.1 Å². The van der Waals surface area contributed by atoms with Gasteiger partial charge in [-0.2, -0.15) is 0 Å². The Kier molecular flexibility index (Phi) is 7.11. The molecule has 0 aliphatic carbocycles. The minimum atomic E-state index is -0.938. The zero-order chi connectivity index (χ0) is 21.6. The Morgan fingerprint density at radius 2 is 1.20 bits per heavy atom. The highest BCUT2D eigenvalue weighted by atomic mass is 16.5. The molecule has 3 rings (SSSR count). The van der Waals surface area contributed by atoms with Crippen LogP contribution in [-0.2, 0) is 10.3 Å². The molecule has 0 saturated carbocycles. The zero-order valence-corrected chi connectivity index (χ0v) is 17.6. The molecule has 3 aromatic rings. The molecule has 0 radical (unpaired) electrons. The minimum absolute atomic E-state index is 0.169. The maximum atomic E-state index is 9.61. The van der Waals surface area contributed by atoms with Gasteiger partial charge in [-0.1, -0.05) is 54.6 Å². The Bertz CT molecular complexity index is 863. The van der Waals surface area contributed by atoms with E-state index >= 15 is 0 Å². The first-order valence-electron chi connectivity index (χ1n) is 9.94. The van der Waals surface area contributed by atoms with Crippen molar-refractivity contribution in [1.29, 1.82) is 0 Å². The zero-order valence-electron chi connectivity index (χ0n) is 17.6. The van der Waals surface area contributed by atoms with Gasteiger partial charge in [-0.05, 0) is 47.9 Å². The van der Waals surface area contributed by atoms with Crippen LogP contribution < -0.4 is 15.2 Å². The molecule has 0 heterocycles. The van der Waals surface area contributed by atoms with Gasteiger partial charge in [0.15, 0.2) is 0 Å². The highest BCUT2D eigenvalue weighted by Gasteiger charge is 2.40. The van der Waals surface area contributed by atoms with E-state index in [2.05, 4.69) is 0 Å². The SMILES string of the molecule is COc1ccc(C(OC(C)C(N)CO)(c2ccccc2)c2ccc(OC)cc2)cc1. The molecule has 0 amide bonds. The topological polar surface area (TPSA) is 73.9 Å². The largest absolute Gasteiger partial charge is 0.497 e. The van der Waals surface area contributed by atoms with Crippen molar-refractivity contribution in [2.45, 2.75) is 24.7 Å². The average molecular weight is 408 g/mol. The van der Waals surface area contributed by atoms with Gasteiger partial charge in [0.2, 0.25) is 0 Å². The molecule has 158 valence electrons. The summed E-state index contributed by atoms with van der Waals surface area (Å²) in [5.41, 5.74) is 8.01. The third kappa shape index (κ3) is 4.33. The smallest absolute Gasteiger partial charge is 0.144 e. The molecule has 0 bridgehead atoms. The van der Waals surface area contributed by atoms with Crippen molar-refractivity contribution >= 4 is 0 Å². The Labute approximate surface area is 178 Å². The van der Waals surface area contributed by atoms with Crippen molar-refractivity contribution in [2.24, 2.45) is 5.73 Å². The second-order valence-electron chi connectivity index (χ2n) is 7.17. The van der Waals surface area contributed by atoms with Crippen LogP contribution in [0, 0.1) is 0 Å². The second kappa shape index (κ2) is 9.76. The van der Waals surface area contributed by atoms with Gasteiger partial charge in [0.1, 0.15) is 17.1 Å². The number of benzene rings is 3. The third-order valence-corrected chi connectivity index (χ3v) is 5.35. The highest BCUT2D eigenvalue weighted by molar-refractivity contribution is 5.49. The number of ether oxygens (including phenoxy) is 3. The van der Waals surface area contributed by atoms with Gasteiger partial charge in [0, 0.05) is 0 Å². The van der Waals surface area contributed by atoms with E-state index in [1.807, 2.05) is 85.8 Å². The fraction of sp³-hybridized carbons (Fsp3) is 0.280. The van der Waals surface area contributed by atoms with Crippen LogP contribution in [0.4, 0.5) is 0 Å². The third-order valence-electron chi connectivity index (χ3n) is 5.35. The molecular formula is C25H29NO4. The summed E-state index contributed by atoms with van der Waals surface area (Å²) in [7, 11) is 3.28. The van der Waals surface area contributed by atoms with Crippen LogP contribution in [0.3, 0.4) is 0 Å². The van der Waals surface area contributed by atoms with Crippen LogP contribution in [0.15, 0.2) is 78.9 Å². The fourth-order valence-corrected chi connectivity index (χ4v) is 3.54. The number of hydrogen-bond acceptors (Lipinski definition) is 5. The summed E-state index contributed by atoms with van der Waals surface area (Å²) in [6.07, 6.45) is -0.417. The van der Waals surface area contributed by atoms with Crippen molar-refractivity contribution in [1.82, 2.24) is 0 Å². The van der Waals surface area contributed by atoms with E-state index in [0.717, 1.165) is 28.2 Å². The first kappa shape index (κ1) is 21.8. The van der Waals surface area contributed by atoms with Gasteiger partial charge in [-0.3, -0.25) is 0 Å². The number of rotatable bonds is 9. The molecule has 3 N–H and O–H groups in total. The quantitative estimate of drug-likeness (QED) is 0.529. The lowest BCUT2D eigenvalue weighted by Crippen LogP contribution is -2.45. The van der Waals surface area contributed by atoms with E-state index in [9.17, 15) is 5.11 Å². The standard InChI is InChI=1S/C25H29NO4/c1-18(24(26)17-27)30-25(19-7-5-4-6-8-19,20-9-13-22(28-2)14-10-20)21-11-15-23(29-3)16-12-21/h4-16,18,24,27H,17,26H2,1-3H3. The van der Waals surface area contributed by atoms with E-state index in [-0.39, 0.29) is 6.61 Å². The van der Waals surface area contributed by atoms with Crippen molar-refractivity contribution in [3.05, 3.63) is 95.6 Å². The van der Waals surface area contributed by atoms with Crippen molar-refractivity contribution in [2.75, 3.05) is 20.8 Å². The molecule has 5 heteroatoms. The molecule has 2 atom stereocenters. The van der Waals surface area contributed by atoms with Crippen LogP contribution in [0.2, 0.25) is 0 Å². The first-order chi connectivity index (χ1) is 14.5. The molecule has 0 spiro atoms. The van der Waals surface area contributed by atoms with Gasteiger partial charge < -0.3 is 25.1 Å². The molecule has 0 fully saturated rings. The lowest BCUT2D eigenvalue weighted by atomic mass is 9.79. The maximum Gasteiger partial charge on any atom is 0.144 e. The van der Waals surface area contributed by atoms with Gasteiger partial charge in [0.25, 0.3) is 0 Å². The molecule has 0 aliphatic heterocycles. The molecule has 30 heavy (non-hydrogen) atoms. The normalized spacial score (nSPS) is 13.5. The van der Waals surface area contributed by atoms with Crippen molar-refractivity contribution in [3.8, 4) is 11.5 Å². The van der Waals surface area contributed by atoms with Gasteiger partial charge in [-0.25, -0.2) is 0 Å². The van der Waals surface area contributed by atoms with E-state index < -0.39 is 17.7 Å². The van der Waals surface area contributed by atoms with Crippen LogP contribution >= 0.6 is 0 Å². The minimum Gasteiger partial charge on any atom is -0.497 e. The Hall–Kier alpha value is -2.86. The molecule has 0 aromatic heterocycles. The monoisotopic (exact) mass is 407 g/mol. The molecule has 3 aromatic carbocycles. The summed E-state index contributed by atoms with van der Waals surface area (Å²) >= 11 is 0.